The molecular weight excluding hydrogens is 358 g/mol. The average molecular weight is 369 g/mol. The lowest BCUT2D eigenvalue weighted by atomic mass is 10.1. The number of ether oxygens (including phenoxy) is 1. The lowest BCUT2D eigenvalue weighted by Gasteiger charge is -2.06. The van der Waals surface area contributed by atoms with Crippen LogP contribution in [0.5, 0.6) is 11.5 Å². The molecule has 0 heterocycles. The van der Waals surface area contributed by atoms with Gasteiger partial charge in [-0.15, -0.1) is 0 Å². The van der Waals surface area contributed by atoms with Gasteiger partial charge in [0.05, 0.1) is 12.7 Å². The van der Waals surface area contributed by atoms with Crippen LogP contribution in [0.25, 0.3) is 6.08 Å². The number of benzene rings is 2. The monoisotopic (exact) mass is 368 g/mol. The van der Waals surface area contributed by atoms with Gasteiger partial charge in [0.1, 0.15) is 11.6 Å². The van der Waals surface area contributed by atoms with E-state index < -0.39 is 17.4 Å². The molecule has 3 nitrogen and oxygen atoms in total. The Morgan fingerprint density at radius 1 is 1.27 bits per heavy atom. The summed E-state index contributed by atoms with van der Waals surface area (Å²) in [4.78, 5) is 11.9. The molecule has 0 spiro atoms. The summed E-state index contributed by atoms with van der Waals surface area (Å²) in [6, 6.07) is 5.69. The highest BCUT2D eigenvalue weighted by molar-refractivity contribution is 9.10. The van der Waals surface area contributed by atoms with Crippen LogP contribution in [0.1, 0.15) is 15.9 Å². The molecule has 0 unspecified atom stereocenters. The van der Waals surface area contributed by atoms with Gasteiger partial charge in [-0.3, -0.25) is 4.79 Å². The fraction of sp³-hybridized carbons (Fsp3) is 0.0625. The number of hydrogen-bond donors (Lipinski definition) is 1. The molecule has 2 rings (SSSR count). The van der Waals surface area contributed by atoms with Crippen molar-refractivity contribution in [3.8, 4) is 11.5 Å². The van der Waals surface area contributed by atoms with Gasteiger partial charge in [0, 0.05) is 10.5 Å². The summed E-state index contributed by atoms with van der Waals surface area (Å²) in [7, 11) is 1.40. The van der Waals surface area contributed by atoms with E-state index in [9.17, 15) is 18.7 Å². The van der Waals surface area contributed by atoms with E-state index >= 15 is 0 Å². The minimum absolute atomic E-state index is 0.0533. The van der Waals surface area contributed by atoms with Gasteiger partial charge < -0.3 is 9.84 Å². The molecule has 22 heavy (non-hydrogen) atoms. The Bertz CT molecular complexity index is 757. The summed E-state index contributed by atoms with van der Waals surface area (Å²) >= 11 is 3.24. The summed E-state index contributed by atoms with van der Waals surface area (Å²) in [5, 5.41) is 9.60. The topological polar surface area (TPSA) is 46.5 Å². The predicted molar refractivity (Wildman–Crippen MR) is 82.1 cm³/mol. The molecule has 2 aromatic carbocycles. The third kappa shape index (κ3) is 3.51. The van der Waals surface area contributed by atoms with Crippen LogP contribution in [0.2, 0.25) is 0 Å². The summed E-state index contributed by atoms with van der Waals surface area (Å²) in [5.74, 6) is -2.08. The van der Waals surface area contributed by atoms with Crippen LogP contribution in [-0.2, 0) is 0 Å². The van der Waals surface area contributed by atoms with E-state index in [1.54, 1.807) is 0 Å². The molecule has 0 radical (unpaired) electrons. The van der Waals surface area contributed by atoms with Gasteiger partial charge in [-0.05, 0) is 42.0 Å². The molecule has 0 fully saturated rings. The van der Waals surface area contributed by atoms with Crippen molar-refractivity contribution < 1.29 is 23.4 Å². The molecule has 0 bridgehead atoms. The Kier molecular flexibility index (Phi) is 4.92. The molecular formula is C16H11BrF2O3. The first kappa shape index (κ1) is 16.2. The molecule has 0 atom stereocenters. The highest BCUT2D eigenvalue weighted by atomic mass is 79.9. The Balaban J connectivity index is 2.30. The highest BCUT2D eigenvalue weighted by Gasteiger charge is 2.11. The molecule has 0 amide bonds. The van der Waals surface area contributed by atoms with Crippen LogP contribution in [0.15, 0.2) is 40.9 Å². The average Bonchev–Trinajstić information content (AvgIpc) is 2.46. The first-order valence-corrected chi connectivity index (χ1v) is 6.95. The maximum atomic E-state index is 13.5. The summed E-state index contributed by atoms with van der Waals surface area (Å²) in [6.07, 6.45) is 2.60. The maximum absolute atomic E-state index is 13.5. The van der Waals surface area contributed by atoms with Gasteiger partial charge in [0.25, 0.3) is 0 Å². The number of hydrogen-bond acceptors (Lipinski definition) is 3. The van der Waals surface area contributed by atoms with Crippen LogP contribution in [0.3, 0.4) is 0 Å². The number of phenolic OH excluding ortho intramolecular Hbond substituents is 1. The number of halogens is 3. The second kappa shape index (κ2) is 6.70. The van der Waals surface area contributed by atoms with Crippen LogP contribution in [-0.4, -0.2) is 18.0 Å². The summed E-state index contributed by atoms with van der Waals surface area (Å²) < 4.78 is 31.9. The van der Waals surface area contributed by atoms with Gasteiger partial charge in [0.2, 0.25) is 0 Å². The number of carbonyl (C=O) groups excluding carboxylic acids is 1. The van der Waals surface area contributed by atoms with E-state index in [1.165, 1.54) is 25.3 Å². The van der Waals surface area contributed by atoms with Crippen molar-refractivity contribution in [1.29, 1.82) is 0 Å². The minimum Gasteiger partial charge on any atom is -0.504 e. The number of carbonyl (C=O) groups is 1. The van der Waals surface area contributed by atoms with Crippen molar-refractivity contribution in [2.24, 2.45) is 0 Å². The fourth-order valence-corrected chi connectivity index (χ4v) is 2.26. The Hall–Kier alpha value is -2.21. The zero-order valence-corrected chi connectivity index (χ0v) is 13.0. The van der Waals surface area contributed by atoms with Gasteiger partial charge in [-0.2, -0.15) is 0 Å². The quantitative estimate of drug-likeness (QED) is 0.644. The molecule has 0 aromatic heterocycles. The van der Waals surface area contributed by atoms with E-state index in [0.29, 0.717) is 16.1 Å². The zero-order chi connectivity index (χ0) is 16.3. The van der Waals surface area contributed by atoms with Crippen LogP contribution >= 0.6 is 15.9 Å². The smallest absolute Gasteiger partial charge is 0.188 e. The summed E-state index contributed by atoms with van der Waals surface area (Å²) in [5.41, 5.74) is 0.338. The summed E-state index contributed by atoms with van der Waals surface area (Å²) in [6.45, 7) is 0. The molecule has 2 aromatic rings. The van der Waals surface area contributed by atoms with E-state index in [-0.39, 0.29) is 17.1 Å². The molecule has 0 saturated heterocycles. The molecule has 6 heteroatoms. The van der Waals surface area contributed by atoms with Crippen molar-refractivity contribution in [2.45, 2.75) is 0 Å². The number of ketones is 1. The number of aromatic hydroxyl groups is 1. The molecule has 0 aliphatic carbocycles. The van der Waals surface area contributed by atoms with Crippen LogP contribution < -0.4 is 4.74 Å². The number of rotatable bonds is 4. The highest BCUT2D eigenvalue weighted by Crippen LogP contribution is 2.33. The molecule has 1 N–H and O–H groups in total. The van der Waals surface area contributed by atoms with Gasteiger partial charge in [-0.25, -0.2) is 8.78 Å². The van der Waals surface area contributed by atoms with E-state index in [1.807, 2.05) is 0 Å². The van der Waals surface area contributed by atoms with Crippen molar-refractivity contribution in [2.75, 3.05) is 7.11 Å². The van der Waals surface area contributed by atoms with Gasteiger partial charge in [-0.1, -0.05) is 15.9 Å². The van der Waals surface area contributed by atoms with Crippen molar-refractivity contribution >= 4 is 27.8 Å². The lowest BCUT2D eigenvalue weighted by Crippen LogP contribution is -1.99. The molecule has 114 valence electrons. The Labute approximate surface area is 134 Å². The van der Waals surface area contributed by atoms with Crippen LogP contribution in [0.4, 0.5) is 8.78 Å². The second-order valence-electron chi connectivity index (χ2n) is 4.37. The third-order valence-corrected chi connectivity index (χ3v) is 3.60. The Morgan fingerprint density at radius 3 is 2.64 bits per heavy atom. The third-order valence-electron chi connectivity index (χ3n) is 2.91. The first-order chi connectivity index (χ1) is 10.4. The normalized spacial score (nSPS) is 10.9. The molecule has 0 aliphatic heterocycles. The van der Waals surface area contributed by atoms with Crippen molar-refractivity contribution in [1.82, 2.24) is 0 Å². The predicted octanol–water partition coefficient (Wildman–Crippen LogP) is 4.34. The lowest BCUT2D eigenvalue weighted by molar-refractivity contribution is 0.104. The fourth-order valence-electron chi connectivity index (χ4n) is 1.79. The maximum Gasteiger partial charge on any atom is 0.188 e. The first-order valence-electron chi connectivity index (χ1n) is 6.16. The standard InChI is InChI=1S/C16H11BrF2O3/c1-22-16-6-9(12(17)8-15(16)21)2-5-14(20)11-4-3-10(18)7-13(11)19/h2-8,21H,1H3. The van der Waals surface area contributed by atoms with E-state index in [2.05, 4.69) is 15.9 Å². The number of phenols is 1. The van der Waals surface area contributed by atoms with Gasteiger partial charge in [0.15, 0.2) is 17.3 Å². The Morgan fingerprint density at radius 2 is 2.00 bits per heavy atom. The van der Waals surface area contributed by atoms with Crippen LogP contribution in [0, 0.1) is 11.6 Å². The van der Waals surface area contributed by atoms with E-state index in [0.717, 1.165) is 18.2 Å². The van der Waals surface area contributed by atoms with Crippen molar-refractivity contribution in [3.05, 3.63) is 63.6 Å². The number of methoxy groups -OCH3 is 1. The second-order valence-corrected chi connectivity index (χ2v) is 5.22. The molecule has 0 saturated carbocycles. The largest absolute Gasteiger partial charge is 0.504 e. The minimum atomic E-state index is -0.919. The number of allylic oxidation sites excluding steroid dienone is 1. The zero-order valence-electron chi connectivity index (χ0n) is 11.4. The molecule has 0 aliphatic rings. The van der Waals surface area contributed by atoms with Gasteiger partial charge >= 0.3 is 0 Å². The van der Waals surface area contributed by atoms with E-state index in [4.69, 9.17) is 4.74 Å². The SMILES string of the molecule is COc1cc(C=CC(=O)c2ccc(F)cc2F)c(Br)cc1O. The van der Waals surface area contributed by atoms with Crippen molar-refractivity contribution in [3.63, 3.8) is 0 Å².